The molecule has 166 valence electrons. The second kappa shape index (κ2) is 7.03. The standard InChI is InChI=1S/C23H23FN4O4/c1-11-14-9-13(24)5-6-16(14)31-19(11)18-17-15(25-10-26-17)7-8-28(18)21(29)20-12(2)27-22(32-20)23(3,4)30/h5-6,9-10,18,30H,7-8H2,1-4H3,(H,25,26)/t18-/m0/s1. The third-order valence-corrected chi connectivity index (χ3v) is 5.88. The van der Waals surface area contributed by atoms with Gasteiger partial charge in [-0.1, -0.05) is 0 Å². The Kier molecular flexibility index (Phi) is 4.49. The molecule has 1 atom stereocenters. The highest BCUT2D eigenvalue weighted by Crippen LogP contribution is 2.40. The number of furan rings is 1. The number of benzene rings is 1. The summed E-state index contributed by atoms with van der Waals surface area (Å²) in [5.41, 5.74) is 1.93. The van der Waals surface area contributed by atoms with E-state index in [4.69, 9.17) is 8.83 Å². The Balaban J connectivity index is 1.64. The molecule has 2 N–H and O–H groups in total. The van der Waals surface area contributed by atoms with Crippen molar-refractivity contribution in [1.29, 1.82) is 0 Å². The fourth-order valence-corrected chi connectivity index (χ4v) is 4.22. The van der Waals surface area contributed by atoms with Gasteiger partial charge >= 0.3 is 0 Å². The zero-order chi connectivity index (χ0) is 22.8. The van der Waals surface area contributed by atoms with Gasteiger partial charge in [-0.25, -0.2) is 14.4 Å². The molecule has 0 saturated heterocycles. The number of nitrogens with zero attached hydrogens (tertiary/aromatic N) is 3. The monoisotopic (exact) mass is 438 g/mol. The Morgan fingerprint density at radius 1 is 1.31 bits per heavy atom. The highest BCUT2D eigenvalue weighted by molar-refractivity contribution is 5.93. The van der Waals surface area contributed by atoms with E-state index in [0.29, 0.717) is 41.1 Å². The van der Waals surface area contributed by atoms with Crippen LogP contribution >= 0.6 is 0 Å². The van der Waals surface area contributed by atoms with Gasteiger partial charge in [-0.3, -0.25) is 4.79 Å². The number of aryl methyl sites for hydroxylation is 2. The van der Waals surface area contributed by atoms with Gasteiger partial charge < -0.3 is 23.8 Å². The second-order valence-electron chi connectivity index (χ2n) is 8.64. The van der Waals surface area contributed by atoms with Crippen molar-refractivity contribution >= 4 is 16.9 Å². The summed E-state index contributed by atoms with van der Waals surface area (Å²) in [7, 11) is 0. The first-order chi connectivity index (χ1) is 15.1. The van der Waals surface area contributed by atoms with Crippen molar-refractivity contribution in [3.05, 3.63) is 70.4 Å². The van der Waals surface area contributed by atoms with E-state index < -0.39 is 11.6 Å². The molecule has 8 nitrogen and oxygen atoms in total. The van der Waals surface area contributed by atoms with Crippen LogP contribution in [0.5, 0.6) is 0 Å². The molecule has 0 saturated carbocycles. The molecule has 5 rings (SSSR count). The Morgan fingerprint density at radius 3 is 2.81 bits per heavy atom. The second-order valence-corrected chi connectivity index (χ2v) is 8.64. The number of fused-ring (bicyclic) bond motifs is 2. The lowest BCUT2D eigenvalue weighted by Gasteiger charge is -2.33. The minimum atomic E-state index is -1.32. The average Bonchev–Trinajstić information content (AvgIpc) is 3.44. The molecule has 0 spiro atoms. The maximum absolute atomic E-state index is 13.9. The summed E-state index contributed by atoms with van der Waals surface area (Å²) >= 11 is 0. The topological polar surface area (TPSA) is 108 Å². The zero-order valence-corrected chi connectivity index (χ0v) is 18.2. The summed E-state index contributed by atoms with van der Waals surface area (Å²) < 4.78 is 25.7. The van der Waals surface area contributed by atoms with E-state index in [1.165, 1.54) is 12.1 Å². The number of halogens is 1. The van der Waals surface area contributed by atoms with Crippen LogP contribution in [-0.2, 0) is 12.0 Å². The largest absolute Gasteiger partial charge is 0.458 e. The van der Waals surface area contributed by atoms with E-state index in [9.17, 15) is 14.3 Å². The summed E-state index contributed by atoms with van der Waals surface area (Å²) in [5.74, 6) is -0.0860. The minimum absolute atomic E-state index is 0.0610. The molecule has 0 bridgehead atoms. The van der Waals surface area contributed by atoms with Crippen LogP contribution in [0.2, 0.25) is 0 Å². The lowest BCUT2D eigenvalue weighted by Crippen LogP contribution is -2.41. The highest BCUT2D eigenvalue weighted by Gasteiger charge is 2.40. The molecule has 1 aromatic carbocycles. The number of hydrogen-bond donors (Lipinski definition) is 2. The maximum Gasteiger partial charge on any atom is 0.292 e. The number of oxazole rings is 1. The maximum atomic E-state index is 13.9. The first-order valence-corrected chi connectivity index (χ1v) is 10.4. The van der Waals surface area contributed by atoms with E-state index in [1.807, 2.05) is 6.92 Å². The molecular weight excluding hydrogens is 415 g/mol. The van der Waals surface area contributed by atoms with Gasteiger partial charge in [-0.05, 0) is 45.9 Å². The zero-order valence-electron chi connectivity index (χ0n) is 18.2. The number of H-pyrrole nitrogens is 1. The van der Waals surface area contributed by atoms with Gasteiger partial charge in [0.2, 0.25) is 11.7 Å². The van der Waals surface area contributed by atoms with E-state index >= 15 is 0 Å². The molecule has 9 heteroatoms. The predicted molar refractivity (Wildman–Crippen MR) is 113 cm³/mol. The molecule has 4 heterocycles. The van der Waals surface area contributed by atoms with Crippen molar-refractivity contribution in [3.8, 4) is 0 Å². The van der Waals surface area contributed by atoms with Crippen molar-refractivity contribution in [2.45, 2.75) is 45.8 Å². The fraction of sp³-hybridized carbons (Fsp3) is 0.348. The number of aromatic nitrogens is 3. The molecule has 0 radical (unpaired) electrons. The third kappa shape index (κ3) is 3.12. The van der Waals surface area contributed by atoms with E-state index in [0.717, 1.165) is 11.3 Å². The Labute approximate surface area is 183 Å². The van der Waals surface area contributed by atoms with E-state index in [-0.39, 0.29) is 23.4 Å². The van der Waals surface area contributed by atoms with Crippen LogP contribution in [0.4, 0.5) is 4.39 Å². The summed E-state index contributed by atoms with van der Waals surface area (Å²) in [6.45, 7) is 6.99. The van der Waals surface area contributed by atoms with Crippen LogP contribution in [0, 0.1) is 19.7 Å². The predicted octanol–water partition coefficient (Wildman–Crippen LogP) is 3.92. The van der Waals surface area contributed by atoms with Gasteiger partial charge in [0.15, 0.2) is 0 Å². The molecule has 1 aliphatic heterocycles. The lowest BCUT2D eigenvalue weighted by molar-refractivity contribution is 0.0437. The first-order valence-electron chi connectivity index (χ1n) is 10.4. The first kappa shape index (κ1) is 20.4. The van der Waals surface area contributed by atoms with E-state index in [2.05, 4.69) is 15.0 Å². The number of hydrogen-bond acceptors (Lipinski definition) is 6. The average molecular weight is 438 g/mol. The van der Waals surface area contributed by atoms with Crippen LogP contribution < -0.4 is 0 Å². The third-order valence-electron chi connectivity index (χ3n) is 5.88. The highest BCUT2D eigenvalue weighted by atomic mass is 19.1. The molecule has 0 unspecified atom stereocenters. The van der Waals surface area contributed by atoms with Gasteiger partial charge in [0.05, 0.1) is 17.7 Å². The van der Waals surface area contributed by atoms with Gasteiger partial charge in [-0.15, -0.1) is 0 Å². The molecular formula is C23H23FN4O4. The Morgan fingerprint density at radius 2 is 2.09 bits per heavy atom. The van der Waals surface area contributed by atoms with E-state index in [1.54, 1.807) is 38.1 Å². The van der Waals surface area contributed by atoms with Gasteiger partial charge in [0, 0.05) is 29.6 Å². The van der Waals surface area contributed by atoms with Crippen molar-refractivity contribution < 1.29 is 23.1 Å². The Bertz CT molecular complexity index is 1340. The molecule has 4 aromatic rings. The van der Waals surface area contributed by atoms with Gasteiger partial charge in [0.25, 0.3) is 5.91 Å². The van der Waals surface area contributed by atoms with Gasteiger partial charge in [0.1, 0.15) is 28.8 Å². The van der Waals surface area contributed by atoms with Crippen LogP contribution in [0.3, 0.4) is 0 Å². The number of nitrogens with one attached hydrogen (secondary N) is 1. The molecule has 1 amide bonds. The molecule has 3 aromatic heterocycles. The summed E-state index contributed by atoms with van der Waals surface area (Å²) in [6.07, 6.45) is 2.17. The number of carbonyl (C=O) groups is 1. The number of aromatic amines is 1. The van der Waals surface area contributed by atoms with Crippen molar-refractivity contribution in [2.75, 3.05) is 6.54 Å². The van der Waals surface area contributed by atoms with Crippen molar-refractivity contribution in [1.82, 2.24) is 19.9 Å². The smallest absolute Gasteiger partial charge is 0.292 e. The number of amides is 1. The van der Waals surface area contributed by atoms with Gasteiger partial charge in [-0.2, -0.15) is 0 Å². The molecule has 0 aliphatic carbocycles. The Hall–Kier alpha value is -3.46. The van der Waals surface area contributed by atoms with Crippen molar-refractivity contribution in [2.24, 2.45) is 0 Å². The number of aliphatic hydroxyl groups is 1. The molecule has 32 heavy (non-hydrogen) atoms. The lowest BCUT2D eigenvalue weighted by atomic mass is 9.97. The minimum Gasteiger partial charge on any atom is -0.458 e. The van der Waals surface area contributed by atoms with Crippen LogP contribution in [0.25, 0.3) is 11.0 Å². The SMILES string of the molecule is Cc1nc(C(C)(C)O)oc1C(=O)N1CCc2[nH]cnc2[C@H]1c1oc2ccc(F)cc2c1C. The molecule has 1 aliphatic rings. The quantitative estimate of drug-likeness (QED) is 0.502. The summed E-state index contributed by atoms with van der Waals surface area (Å²) in [5, 5.41) is 10.9. The summed E-state index contributed by atoms with van der Waals surface area (Å²) in [4.78, 5) is 27.1. The normalized spacial score (nSPS) is 16.6. The summed E-state index contributed by atoms with van der Waals surface area (Å²) in [6, 6.07) is 3.73. The van der Waals surface area contributed by atoms with Crippen LogP contribution in [0.1, 0.15) is 64.7 Å². The van der Waals surface area contributed by atoms with Crippen LogP contribution in [0.15, 0.2) is 33.4 Å². The van der Waals surface area contributed by atoms with Crippen LogP contribution in [-0.4, -0.2) is 37.4 Å². The number of carbonyl (C=O) groups excluding carboxylic acids is 1. The fourth-order valence-electron chi connectivity index (χ4n) is 4.22. The van der Waals surface area contributed by atoms with Crippen molar-refractivity contribution in [3.63, 3.8) is 0 Å². The number of rotatable bonds is 3. The molecule has 0 fully saturated rings. The number of imidazole rings is 1.